The van der Waals surface area contributed by atoms with Crippen LogP contribution in [0.2, 0.25) is 0 Å². The maximum absolute atomic E-state index is 6.27. The van der Waals surface area contributed by atoms with Gasteiger partial charge in [-0.15, -0.1) is 0 Å². The summed E-state index contributed by atoms with van der Waals surface area (Å²) in [7, 11) is 1.67. The number of rotatable bonds is 3. The van der Waals surface area contributed by atoms with Gasteiger partial charge in [-0.2, -0.15) is 0 Å². The first kappa shape index (κ1) is 14.0. The molecular weight excluding hydrogens is 238 g/mol. The molecule has 0 bridgehead atoms. The van der Waals surface area contributed by atoms with Crippen LogP contribution in [-0.2, 0) is 10.2 Å². The van der Waals surface area contributed by atoms with Crippen LogP contribution in [0.1, 0.15) is 43.8 Å². The highest BCUT2D eigenvalue weighted by Crippen LogP contribution is 2.29. The van der Waals surface area contributed by atoms with E-state index < -0.39 is 0 Å². The Morgan fingerprint density at radius 2 is 2.11 bits per heavy atom. The monoisotopic (exact) mass is 261 g/mol. The van der Waals surface area contributed by atoms with Crippen LogP contribution in [0.15, 0.2) is 18.3 Å². The Bertz CT molecular complexity index is 581. The minimum absolute atomic E-state index is 0.0411. The minimum Gasteiger partial charge on any atom is -0.383 e. The van der Waals surface area contributed by atoms with Gasteiger partial charge in [0.15, 0.2) is 0 Å². The third-order valence-corrected chi connectivity index (χ3v) is 3.23. The zero-order chi connectivity index (χ0) is 14.2. The quantitative estimate of drug-likeness (QED) is 0.924. The molecule has 0 spiro atoms. The molecule has 0 aliphatic carbocycles. The highest BCUT2D eigenvalue weighted by Gasteiger charge is 2.27. The van der Waals surface area contributed by atoms with Crippen LogP contribution < -0.4 is 5.73 Å². The van der Waals surface area contributed by atoms with Gasteiger partial charge in [0, 0.05) is 18.7 Å². The van der Waals surface area contributed by atoms with Crippen molar-refractivity contribution in [1.29, 1.82) is 0 Å². The Kier molecular flexibility index (Phi) is 3.65. The molecule has 0 radical (unpaired) electrons. The average Bonchev–Trinajstić information content (AvgIpc) is 2.67. The molecule has 0 amide bonds. The number of methoxy groups -OCH3 is 1. The van der Waals surface area contributed by atoms with E-state index >= 15 is 0 Å². The molecule has 0 saturated carbocycles. The van der Waals surface area contributed by atoms with Gasteiger partial charge in [0.25, 0.3) is 0 Å². The molecular formula is C15H23N3O. The predicted molar refractivity (Wildman–Crippen MR) is 77.4 cm³/mol. The van der Waals surface area contributed by atoms with E-state index in [1.54, 1.807) is 7.11 Å². The standard InChI is InChI=1S/C15H23N3O/c1-10-6-7-18-12(8-10)17-14(15(2,3)4)13(18)11(16)9-19-5/h6-8,11H,9,16H2,1-5H3. The van der Waals surface area contributed by atoms with Crippen LogP contribution in [0.5, 0.6) is 0 Å². The normalized spacial score (nSPS) is 14.0. The molecule has 1 atom stereocenters. The van der Waals surface area contributed by atoms with Gasteiger partial charge >= 0.3 is 0 Å². The van der Waals surface area contributed by atoms with Gasteiger partial charge in [0.2, 0.25) is 0 Å². The number of hydrogen-bond donors (Lipinski definition) is 1. The molecule has 0 aliphatic heterocycles. The summed E-state index contributed by atoms with van der Waals surface area (Å²) in [6.45, 7) is 9.03. The molecule has 0 aliphatic rings. The molecule has 19 heavy (non-hydrogen) atoms. The molecule has 0 aromatic carbocycles. The zero-order valence-corrected chi connectivity index (χ0v) is 12.4. The van der Waals surface area contributed by atoms with E-state index in [-0.39, 0.29) is 11.5 Å². The van der Waals surface area contributed by atoms with Gasteiger partial charge in [-0.05, 0) is 24.6 Å². The smallest absolute Gasteiger partial charge is 0.137 e. The number of hydrogen-bond acceptors (Lipinski definition) is 3. The number of nitrogens with two attached hydrogens (primary N) is 1. The van der Waals surface area contributed by atoms with E-state index in [1.165, 1.54) is 5.56 Å². The fraction of sp³-hybridized carbons (Fsp3) is 0.533. The Morgan fingerprint density at radius 1 is 1.42 bits per heavy atom. The Hall–Kier alpha value is -1.39. The molecule has 1 unspecified atom stereocenters. The van der Waals surface area contributed by atoms with E-state index in [9.17, 15) is 0 Å². The molecule has 2 aromatic heterocycles. The van der Waals surface area contributed by atoms with Crippen molar-refractivity contribution < 1.29 is 4.74 Å². The van der Waals surface area contributed by atoms with E-state index in [0.717, 1.165) is 17.0 Å². The van der Waals surface area contributed by atoms with Crippen molar-refractivity contribution in [2.24, 2.45) is 5.73 Å². The number of aromatic nitrogens is 2. The first-order valence-electron chi connectivity index (χ1n) is 6.58. The third-order valence-electron chi connectivity index (χ3n) is 3.23. The van der Waals surface area contributed by atoms with Gasteiger partial charge in [0.1, 0.15) is 5.65 Å². The van der Waals surface area contributed by atoms with Gasteiger partial charge < -0.3 is 14.9 Å². The summed E-state index contributed by atoms with van der Waals surface area (Å²) < 4.78 is 7.28. The molecule has 0 saturated heterocycles. The van der Waals surface area contributed by atoms with E-state index in [4.69, 9.17) is 15.5 Å². The summed E-state index contributed by atoms with van der Waals surface area (Å²) in [5.41, 5.74) is 10.5. The van der Waals surface area contributed by atoms with Crippen molar-refractivity contribution >= 4 is 5.65 Å². The Balaban J connectivity index is 2.68. The van der Waals surface area contributed by atoms with E-state index in [2.05, 4.69) is 44.2 Å². The van der Waals surface area contributed by atoms with Gasteiger partial charge in [-0.25, -0.2) is 4.98 Å². The summed E-state index contributed by atoms with van der Waals surface area (Å²) >= 11 is 0. The molecule has 0 fully saturated rings. The van der Waals surface area contributed by atoms with Crippen molar-refractivity contribution in [3.63, 3.8) is 0 Å². The largest absolute Gasteiger partial charge is 0.383 e. The second-order valence-electron chi connectivity index (χ2n) is 6.09. The maximum Gasteiger partial charge on any atom is 0.137 e. The second kappa shape index (κ2) is 4.94. The third kappa shape index (κ3) is 2.65. The molecule has 2 heterocycles. The lowest BCUT2D eigenvalue weighted by Crippen LogP contribution is -2.24. The topological polar surface area (TPSA) is 52.5 Å². The number of fused-ring (bicyclic) bond motifs is 1. The number of pyridine rings is 1. The number of nitrogens with zero attached hydrogens (tertiary/aromatic N) is 2. The summed E-state index contributed by atoms with van der Waals surface area (Å²) in [6, 6.07) is 3.99. The molecule has 4 heteroatoms. The zero-order valence-electron chi connectivity index (χ0n) is 12.4. The van der Waals surface area contributed by atoms with Crippen molar-refractivity contribution in [2.45, 2.75) is 39.2 Å². The van der Waals surface area contributed by atoms with Gasteiger partial charge in [-0.3, -0.25) is 0 Å². The summed E-state index contributed by atoms with van der Waals surface area (Å²) in [5, 5.41) is 0. The first-order chi connectivity index (χ1) is 8.84. The first-order valence-corrected chi connectivity index (χ1v) is 6.58. The molecule has 2 aromatic rings. The van der Waals surface area contributed by atoms with Crippen molar-refractivity contribution in [3.05, 3.63) is 35.3 Å². The maximum atomic E-state index is 6.27. The minimum atomic E-state index is -0.170. The SMILES string of the molecule is COCC(N)c1c(C(C)(C)C)nc2cc(C)ccn12. The molecule has 104 valence electrons. The van der Waals surface area contributed by atoms with Crippen LogP contribution in [0, 0.1) is 6.92 Å². The average molecular weight is 261 g/mol. The fourth-order valence-electron chi connectivity index (χ4n) is 2.33. The fourth-order valence-corrected chi connectivity index (χ4v) is 2.33. The number of ether oxygens (including phenoxy) is 1. The predicted octanol–water partition coefficient (Wildman–Crippen LogP) is 2.59. The van der Waals surface area contributed by atoms with E-state index in [1.807, 2.05) is 6.20 Å². The summed E-state index contributed by atoms with van der Waals surface area (Å²) in [6.07, 6.45) is 2.04. The van der Waals surface area contributed by atoms with Gasteiger partial charge in [0.05, 0.1) is 24.0 Å². The van der Waals surface area contributed by atoms with Gasteiger partial charge in [-0.1, -0.05) is 20.8 Å². The van der Waals surface area contributed by atoms with Crippen LogP contribution >= 0.6 is 0 Å². The Labute approximate surface area is 114 Å². The highest BCUT2D eigenvalue weighted by molar-refractivity contribution is 5.48. The van der Waals surface area contributed by atoms with E-state index in [0.29, 0.717) is 6.61 Å². The highest BCUT2D eigenvalue weighted by atomic mass is 16.5. The van der Waals surface area contributed by atoms with Crippen molar-refractivity contribution in [2.75, 3.05) is 13.7 Å². The van der Waals surface area contributed by atoms with Crippen LogP contribution in [-0.4, -0.2) is 23.1 Å². The van der Waals surface area contributed by atoms with Crippen molar-refractivity contribution in [1.82, 2.24) is 9.38 Å². The molecule has 2 rings (SSSR count). The Morgan fingerprint density at radius 3 is 2.68 bits per heavy atom. The lowest BCUT2D eigenvalue weighted by Gasteiger charge is -2.21. The molecule has 4 nitrogen and oxygen atoms in total. The molecule has 2 N–H and O–H groups in total. The van der Waals surface area contributed by atoms with Crippen LogP contribution in [0.4, 0.5) is 0 Å². The van der Waals surface area contributed by atoms with Crippen LogP contribution in [0.25, 0.3) is 5.65 Å². The summed E-state index contributed by atoms with van der Waals surface area (Å²) in [5.74, 6) is 0. The van der Waals surface area contributed by atoms with Crippen LogP contribution in [0.3, 0.4) is 0 Å². The lowest BCUT2D eigenvalue weighted by molar-refractivity contribution is 0.178. The van der Waals surface area contributed by atoms with Crippen molar-refractivity contribution in [3.8, 4) is 0 Å². The summed E-state index contributed by atoms with van der Waals surface area (Å²) in [4.78, 5) is 4.78. The number of aryl methyl sites for hydroxylation is 1. The lowest BCUT2D eigenvalue weighted by atomic mass is 9.89. The second-order valence-corrected chi connectivity index (χ2v) is 6.09. The number of imidazole rings is 1.